The monoisotopic (exact) mass is 794 g/mol. The Morgan fingerprint density at radius 3 is 1.72 bits per heavy atom. The van der Waals surface area contributed by atoms with Crippen LogP contribution in [-0.4, -0.2) is 22.3 Å². The molecule has 0 saturated heterocycles. The van der Waals surface area contributed by atoms with E-state index in [4.69, 9.17) is 4.99 Å². The highest BCUT2D eigenvalue weighted by Crippen LogP contribution is 2.55. The van der Waals surface area contributed by atoms with Crippen molar-refractivity contribution in [1.82, 2.24) is 15.3 Å². The molecule has 6 nitrogen and oxygen atoms in total. The van der Waals surface area contributed by atoms with Gasteiger partial charge in [-0.25, -0.2) is 9.97 Å². The number of nitrogens with zero attached hydrogens (tertiary/aromatic N) is 5. The summed E-state index contributed by atoms with van der Waals surface area (Å²) in [6.07, 6.45) is 5.64. The zero-order valence-corrected chi connectivity index (χ0v) is 35.7. The number of aliphatic imine (C=N–C) groups is 1. The summed E-state index contributed by atoms with van der Waals surface area (Å²) in [6, 6.07) is 57.0. The SMILES string of the molecule is CC.CC1=NCNC=C1N(c1ccc(-c2ccccc2)cc1)c1cc2c(c3ccccc13)C(C)(C)c1cc(N(c3ccc(-c4ccccc4)cc3)c3cncnc3C)ccc1-2. The number of allylic oxidation sites excluding steroid dienone is 1. The van der Waals surface area contributed by atoms with Crippen molar-refractivity contribution in [3.8, 4) is 33.4 Å². The van der Waals surface area contributed by atoms with Gasteiger partial charge in [0.2, 0.25) is 0 Å². The summed E-state index contributed by atoms with van der Waals surface area (Å²) >= 11 is 0. The Morgan fingerprint density at radius 2 is 1.11 bits per heavy atom. The highest BCUT2D eigenvalue weighted by molar-refractivity contribution is 6.11. The largest absolute Gasteiger partial charge is 0.370 e. The van der Waals surface area contributed by atoms with Crippen LogP contribution in [0.5, 0.6) is 0 Å². The molecule has 1 aromatic heterocycles. The minimum Gasteiger partial charge on any atom is -0.370 e. The van der Waals surface area contributed by atoms with Gasteiger partial charge in [0.25, 0.3) is 0 Å². The molecule has 0 unspecified atom stereocenters. The fourth-order valence-electron chi connectivity index (χ4n) is 9.01. The number of aryl methyl sites for hydroxylation is 1. The molecule has 0 amide bonds. The van der Waals surface area contributed by atoms with Crippen LogP contribution in [0.15, 0.2) is 187 Å². The molecule has 7 aromatic carbocycles. The van der Waals surface area contributed by atoms with Crippen molar-refractivity contribution in [3.05, 3.63) is 199 Å². The molecular formula is C55H50N6. The van der Waals surface area contributed by atoms with Crippen molar-refractivity contribution in [2.24, 2.45) is 4.99 Å². The van der Waals surface area contributed by atoms with E-state index in [1.165, 1.54) is 55.3 Å². The maximum absolute atomic E-state index is 4.84. The lowest BCUT2D eigenvalue weighted by Crippen LogP contribution is -2.28. The molecule has 2 aliphatic rings. The van der Waals surface area contributed by atoms with Gasteiger partial charge in [-0.2, -0.15) is 0 Å². The fourth-order valence-corrected chi connectivity index (χ4v) is 9.01. The van der Waals surface area contributed by atoms with E-state index in [9.17, 15) is 0 Å². The Kier molecular flexibility index (Phi) is 10.5. The van der Waals surface area contributed by atoms with Crippen LogP contribution in [0.4, 0.5) is 28.4 Å². The molecule has 61 heavy (non-hydrogen) atoms. The highest BCUT2D eigenvalue weighted by Gasteiger charge is 2.39. The van der Waals surface area contributed by atoms with E-state index < -0.39 is 0 Å². The Balaban J connectivity index is 0.00000235. The predicted molar refractivity (Wildman–Crippen MR) is 257 cm³/mol. The summed E-state index contributed by atoms with van der Waals surface area (Å²) in [5.41, 5.74) is 17.7. The van der Waals surface area contributed by atoms with Gasteiger partial charge in [-0.05, 0) is 106 Å². The Hall–Kier alpha value is -7.31. The summed E-state index contributed by atoms with van der Waals surface area (Å²) in [6.45, 7) is 13.5. The van der Waals surface area contributed by atoms with Crippen molar-refractivity contribution >= 4 is 44.9 Å². The van der Waals surface area contributed by atoms with Crippen LogP contribution in [0.1, 0.15) is 51.4 Å². The average Bonchev–Trinajstić information content (AvgIpc) is 3.54. The second-order valence-electron chi connectivity index (χ2n) is 15.8. The minimum absolute atomic E-state index is 0.297. The molecule has 300 valence electrons. The topological polar surface area (TPSA) is 56.7 Å². The number of fused-ring (bicyclic) bond motifs is 5. The van der Waals surface area contributed by atoms with E-state index in [0.29, 0.717) is 6.67 Å². The van der Waals surface area contributed by atoms with Gasteiger partial charge in [0, 0.05) is 34.1 Å². The van der Waals surface area contributed by atoms with Gasteiger partial charge in [0.15, 0.2) is 0 Å². The molecule has 1 aliphatic heterocycles. The van der Waals surface area contributed by atoms with Crippen molar-refractivity contribution in [1.29, 1.82) is 0 Å². The first-order valence-corrected chi connectivity index (χ1v) is 21.2. The molecule has 0 bridgehead atoms. The molecule has 1 aliphatic carbocycles. The predicted octanol–water partition coefficient (Wildman–Crippen LogP) is 14.1. The van der Waals surface area contributed by atoms with Gasteiger partial charge in [0.05, 0.1) is 34.7 Å². The van der Waals surface area contributed by atoms with Crippen LogP contribution < -0.4 is 15.1 Å². The molecule has 0 fully saturated rings. The van der Waals surface area contributed by atoms with Crippen LogP contribution in [0, 0.1) is 6.92 Å². The van der Waals surface area contributed by atoms with Crippen molar-refractivity contribution in [2.45, 2.75) is 47.0 Å². The number of anilines is 5. The lowest BCUT2D eigenvalue weighted by molar-refractivity contribution is 0.666. The number of aromatic nitrogens is 2. The summed E-state index contributed by atoms with van der Waals surface area (Å²) in [4.78, 5) is 18.6. The van der Waals surface area contributed by atoms with Crippen LogP contribution in [0.3, 0.4) is 0 Å². The molecule has 1 N–H and O–H groups in total. The number of hydrogen-bond donors (Lipinski definition) is 1. The van der Waals surface area contributed by atoms with Crippen LogP contribution >= 0.6 is 0 Å². The number of rotatable bonds is 8. The average molecular weight is 795 g/mol. The van der Waals surface area contributed by atoms with E-state index in [1.54, 1.807) is 6.33 Å². The molecule has 0 radical (unpaired) electrons. The third kappa shape index (κ3) is 7.04. The normalized spacial score (nSPS) is 13.5. The first kappa shape index (κ1) is 39.2. The van der Waals surface area contributed by atoms with Gasteiger partial charge in [0.1, 0.15) is 13.0 Å². The molecule has 2 heterocycles. The molecule has 10 rings (SSSR count). The lowest BCUT2D eigenvalue weighted by Gasteiger charge is -2.32. The van der Waals surface area contributed by atoms with Crippen LogP contribution in [-0.2, 0) is 5.41 Å². The Morgan fingerprint density at radius 1 is 0.557 bits per heavy atom. The smallest absolute Gasteiger partial charge is 0.115 e. The first-order chi connectivity index (χ1) is 29.9. The van der Waals surface area contributed by atoms with E-state index in [2.05, 4.69) is 210 Å². The molecule has 8 aromatic rings. The zero-order chi connectivity index (χ0) is 42.1. The summed E-state index contributed by atoms with van der Waals surface area (Å²) < 4.78 is 0. The van der Waals surface area contributed by atoms with Crippen molar-refractivity contribution in [2.75, 3.05) is 16.5 Å². The maximum Gasteiger partial charge on any atom is 0.115 e. The van der Waals surface area contributed by atoms with Crippen LogP contribution in [0.25, 0.3) is 44.2 Å². The van der Waals surface area contributed by atoms with E-state index in [1.807, 2.05) is 27.0 Å². The van der Waals surface area contributed by atoms with Gasteiger partial charge in [-0.3, -0.25) is 4.99 Å². The molecule has 0 atom stereocenters. The zero-order valence-electron chi connectivity index (χ0n) is 35.7. The first-order valence-electron chi connectivity index (χ1n) is 21.2. The van der Waals surface area contributed by atoms with Gasteiger partial charge in [-0.15, -0.1) is 0 Å². The van der Waals surface area contributed by atoms with Crippen molar-refractivity contribution < 1.29 is 0 Å². The summed E-state index contributed by atoms with van der Waals surface area (Å²) in [5.74, 6) is 0. The van der Waals surface area contributed by atoms with E-state index in [0.717, 1.165) is 45.5 Å². The maximum atomic E-state index is 4.84. The second-order valence-corrected chi connectivity index (χ2v) is 15.8. The standard InChI is InChI=1S/C53H44N6.C2H6/c1-35-50(31-54-33-56-35)58(41-23-19-39(20-24-41)37-13-7-5-8-14-37)43-27-28-44-47-30-49(45-17-11-12-18-46(45)52(47)53(3,4)48(44)29-43)59(51-32-55-34-57-36(51)2)42-25-21-40(22-26-42)38-15-9-6-10-16-38;1-2/h5-33,55H,34H2,1-4H3;1-2H3. The Labute approximate surface area is 359 Å². The molecular weight excluding hydrogens is 745 g/mol. The summed E-state index contributed by atoms with van der Waals surface area (Å²) in [5, 5.41) is 5.84. The number of benzene rings is 7. The van der Waals surface area contributed by atoms with Gasteiger partial charge < -0.3 is 15.1 Å². The fraction of sp³-hybridized carbons (Fsp3) is 0.145. The Bertz CT molecular complexity index is 2910. The molecule has 0 saturated carbocycles. The lowest BCUT2D eigenvalue weighted by atomic mass is 9.79. The number of hydrogen-bond acceptors (Lipinski definition) is 6. The summed E-state index contributed by atoms with van der Waals surface area (Å²) in [7, 11) is 0. The molecule has 0 spiro atoms. The van der Waals surface area contributed by atoms with Crippen molar-refractivity contribution in [3.63, 3.8) is 0 Å². The second kappa shape index (κ2) is 16.4. The van der Waals surface area contributed by atoms with E-state index in [-0.39, 0.29) is 5.41 Å². The highest BCUT2D eigenvalue weighted by atomic mass is 15.2. The van der Waals surface area contributed by atoms with Crippen LogP contribution in [0.2, 0.25) is 0 Å². The number of nitrogens with one attached hydrogen (secondary N) is 1. The third-order valence-corrected chi connectivity index (χ3v) is 12.0. The quantitative estimate of drug-likeness (QED) is 0.166. The third-order valence-electron chi connectivity index (χ3n) is 12.0. The minimum atomic E-state index is -0.297. The van der Waals surface area contributed by atoms with Gasteiger partial charge >= 0.3 is 0 Å². The van der Waals surface area contributed by atoms with Gasteiger partial charge in [-0.1, -0.05) is 143 Å². The molecule has 6 heteroatoms. The van der Waals surface area contributed by atoms with E-state index >= 15 is 0 Å².